The third kappa shape index (κ3) is 3.78. The number of esters is 1. The van der Waals surface area contributed by atoms with Crippen LogP contribution in [0.25, 0.3) is 10.2 Å². The van der Waals surface area contributed by atoms with Crippen molar-refractivity contribution in [3.8, 4) is 5.75 Å². The number of nitrogen functional groups attached to an aromatic ring is 1. The summed E-state index contributed by atoms with van der Waals surface area (Å²) in [5.74, 6) is 1.06. The number of amides is 2. The third-order valence-corrected chi connectivity index (χ3v) is 6.89. The number of fused-ring (bicyclic) bond motifs is 3. The Kier molecular flexibility index (Phi) is 5.41. The van der Waals surface area contributed by atoms with Gasteiger partial charge in [0.25, 0.3) is 0 Å². The SMILES string of the molecule is CCOC(=O)c1csc2nc(N)nc(N3CC4CC3CN4C(=O)Nc3cccc(OC)c3)c12. The lowest BCUT2D eigenvalue weighted by Gasteiger charge is -2.35. The molecule has 2 unspecified atom stereocenters. The molecule has 0 aliphatic carbocycles. The Bertz CT molecular complexity index is 1230. The average molecular weight is 469 g/mol. The summed E-state index contributed by atoms with van der Waals surface area (Å²) in [6.45, 7) is 3.20. The first-order valence-corrected chi connectivity index (χ1v) is 11.6. The standard InChI is InChI=1S/C22H24N6O4S/c1-3-32-20(29)16-11-33-19-17(16)18(25-21(23)26-19)27-9-14-8-13(27)10-28(14)22(30)24-12-5-4-6-15(7-12)31-2/h4-7,11,13-14H,3,8-10H2,1-2H3,(H,24,30)(H2,23,25,26). The van der Waals surface area contributed by atoms with Crippen molar-refractivity contribution < 1.29 is 19.1 Å². The summed E-state index contributed by atoms with van der Waals surface area (Å²) in [4.78, 5) is 38.9. The fourth-order valence-corrected chi connectivity index (χ4v) is 5.49. The highest BCUT2D eigenvalue weighted by Crippen LogP contribution is 2.40. The molecule has 2 aliphatic rings. The molecule has 2 fully saturated rings. The fourth-order valence-electron chi connectivity index (χ4n) is 4.58. The Morgan fingerprint density at radius 1 is 1.27 bits per heavy atom. The van der Waals surface area contributed by atoms with Crippen molar-refractivity contribution in [3.05, 3.63) is 35.2 Å². The Balaban J connectivity index is 1.37. The molecule has 5 rings (SSSR count). The number of methoxy groups -OCH3 is 1. The van der Waals surface area contributed by atoms with E-state index < -0.39 is 5.97 Å². The highest BCUT2D eigenvalue weighted by molar-refractivity contribution is 7.17. The van der Waals surface area contributed by atoms with Gasteiger partial charge in [-0.2, -0.15) is 4.98 Å². The van der Waals surface area contributed by atoms with Gasteiger partial charge >= 0.3 is 12.0 Å². The normalized spacial score (nSPS) is 19.2. The van der Waals surface area contributed by atoms with E-state index in [0.29, 0.717) is 46.1 Å². The third-order valence-electron chi connectivity index (χ3n) is 6.02. The minimum Gasteiger partial charge on any atom is -0.497 e. The van der Waals surface area contributed by atoms with Gasteiger partial charge in [-0.05, 0) is 25.5 Å². The monoisotopic (exact) mass is 468 g/mol. The van der Waals surface area contributed by atoms with E-state index in [2.05, 4.69) is 20.2 Å². The van der Waals surface area contributed by atoms with Crippen molar-refractivity contribution in [2.45, 2.75) is 25.4 Å². The number of nitrogens with zero attached hydrogens (tertiary/aromatic N) is 4. The number of hydrogen-bond acceptors (Lipinski definition) is 9. The van der Waals surface area contributed by atoms with Gasteiger partial charge in [0.2, 0.25) is 5.95 Å². The Morgan fingerprint density at radius 3 is 2.85 bits per heavy atom. The van der Waals surface area contributed by atoms with Gasteiger partial charge in [-0.1, -0.05) is 6.07 Å². The molecule has 0 spiro atoms. The molecule has 4 heterocycles. The summed E-state index contributed by atoms with van der Waals surface area (Å²) in [7, 11) is 1.59. The van der Waals surface area contributed by atoms with E-state index in [1.54, 1.807) is 25.5 Å². The first kappa shape index (κ1) is 21.3. The van der Waals surface area contributed by atoms with E-state index in [0.717, 1.165) is 6.42 Å². The quantitative estimate of drug-likeness (QED) is 0.548. The number of urea groups is 1. The van der Waals surface area contributed by atoms with Gasteiger partial charge < -0.3 is 30.3 Å². The summed E-state index contributed by atoms with van der Waals surface area (Å²) in [5, 5.41) is 5.35. The average Bonchev–Trinajstić information content (AvgIpc) is 3.53. The molecular formula is C22H24N6O4S. The number of aromatic nitrogens is 2. The van der Waals surface area contributed by atoms with Crippen molar-refractivity contribution in [1.82, 2.24) is 14.9 Å². The topological polar surface area (TPSA) is 123 Å². The second-order valence-corrected chi connectivity index (χ2v) is 8.82. The van der Waals surface area contributed by atoms with Crippen molar-refractivity contribution in [2.75, 3.05) is 42.8 Å². The second-order valence-electron chi connectivity index (χ2n) is 7.97. The Hall–Kier alpha value is -3.60. The predicted octanol–water partition coefficient (Wildman–Crippen LogP) is 2.95. The number of carbonyl (C=O) groups excluding carboxylic acids is 2. The molecule has 2 atom stereocenters. The molecule has 2 aliphatic heterocycles. The molecule has 33 heavy (non-hydrogen) atoms. The molecule has 1 aromatic carbocycles. The number of rotatable bonds is 5. The summed E-state index contributed by atoms with van der Waals surface area (Å²) >= 11 is 1.34. The van der Waals surface area contributed by atoms with Crippen molar-refractivity contribution >= 4 is 51.0 Å². The van der Waals surface area contributed by atoms with E-state index in [4.69, 9.17) is 15.2 Å². The minimum absolute atomic E-state index is 0.0246. The van der Waals surface area contributed by atoms with Crippen LogP contribution in [0.5, 0.6) is 5.75 Å². The second kappa shape index (κ2) is 8.39. The lowest BCUT2D eigenvalue weighted by Crippen LogP contribution is -2.50. The van der Waals surface area contributed by atoms with Crippen LogP contribution in [0.1, 0.15) is 23.7 Å². The fraction of sp³-hybridized carbons (Fsp3) is 0.364. The number of hydrogen-bond donors (Lipinski definition) is 2. The smallest absolute Gasteiger partial charge is 0.339 e. The number of piperazine rings is 1. The summed E-state index contributed by atoms with van der Waals surface area (Å²) in [6.07, 6.45) is 0.815. The maximum absolute atomic E-state index is 12.9. The van der Waals surface area contributed by atoms with Crippen LogP contribution in [0.2, 0.25) is 0 Å². The number of ether oxygens (including phenoxy) is 2. The van der Waals surface area contributed by atoms with Crippen LogP contribution in [0.3, 0.4) is 0 Å². The number of benzene rings is 1. The zero-order chi connectivity index (χ0) is 23.1. The summed E-state index contributed by atoms with van der Waals surface area (Å²) in [6, 6.07) is 7.22. The van der Waals surface area contributed by atoms with E-state index >= 15 is 0 Å². The lowest BCUT2D eigenvalue weighted by molar-refractivity contribution is 0.0529. The molecule has 11 heteroatoms. The van der Waals surface area contributed by atoms with Gasteiger partial charge in [-0.15, -0.1) is 11.3 Å². The molecule has 3 N–H and O–H groups in total. The Morgan fingerprint density at radius 2 is 2.12 bits per heavy atom. The number of carbonyl (C=O) groups is 2. The number of likely N-dealkylation sites (tertiary alicyclic amines) is 1. The zero-order valence-electron chi connectivity index (χ0n) is 18.3. The molecular weight excluding hydrogens is 444 g/mol. The van der Waals surface area contributed by atoms with E-state index in [-0.39, 0.29) is 30.7 Å². The van der Waals surface area contributed by atoms with E-state index in [1.165, 1.54) is 11.3 Å². The van der Waals surface area contributed by atoms with Crippen LogP contribution in [-0.4, -0.2) is 65.8 Å². The predicted molar refractivity (Wildman–Crippen MR) is 126 cm³/mol. The maximum Gasteiger partial charge on any atom is 0.339 e. The van der Waals surface area contributed by atoms with E-state index in [9.17, 15) is 9.59 Å². The molecule has 172 valence electrons. The zero-order valence-corrected chi connectivity index (χ0v) is 19.1. The molecule has 2 aromatic heterocycles. The van der Waals surface area contributed by atoms with Gasteiger partial charge in [0.15, 0.2) is 0 Å². The summed E-state index contributed by atoms with van der Waals surface area (Å²) < 4.78 is 10.4. The van der Waals surface area contributed by atoms with Crippen molar-refractivity contribution in [1.29, 1.82) is 0 Å². The largest absolute Gasteiger partial charge is 0.497 e. The molecule has 10 nitrogen and oxygen atoms in total. The molecule has 2 bridgehead atoms. The van der Waals surface area contributed by atoms with Crippen molar-refractivity contribution in [2.24, 2.45) is 0 Å². The van der Waals surface area contributed by atoms with Crippen LogP contribution in [-0.2, 0) is 4.74 Å². The van der Waals surface area contributed by atoms with Gasteiger partial charge in [-0.3, -0.25) is 0 Å². The van der Waals surface area contributed by atoms with Crippen LogP contribution in [0.4, 0.5) is 22.2 Å². The van der Waals surface area contributed by atoms with Crippen molar-refractivity contribution in [3.63, 3.8) is 0 Å². The molecule has 0 saturated carbocycles. The van der Waals surface area contributed by atoms with Gasteiger partial charge in [0, 0.05) is 30.2 Å². The van der Waals surface area contributed by atoms with Gasteiger partial charge in [-0.25, -0.2) is 14.6 Å². The van der Waals surface area contributed by atoms with Crippen LogP contribution in [0, 0.1) is 0 Å². The maximum atomic E-state index is 12.9. The molecule has 0 radical (unpaired) electrons. The van der Waals surface area contributed by atoms with E-state index in [1.807, 2.05) is 23.1 Å². The molecule has 2 saturated heterocycles. The van der Waals surface area contributed by atoms with Gasteiger partial charge in [0.1, 0.15) is 16.4 Å². The number of anilines is 3. The Labute approximate surface area is 194 Å². The highest BCUT2D eigenvalue weighted by atomic mass is 32.1. The number of thiophene rings is 1. The molecule has 2 amide bonds. The highest BCUT2D eigenvalue weighted by Gasteiger charge is 2.46. The minimum atomic E-state index is -0.401. The van der Waals surface area contributed by atoms with Crippen LogP contribution >= 0.6 is 11.3 Å². The van der Waals surface area contributed by atoms with Crippen LogP contribution in [0.15, 0.2) is 29.6 Å². The lowest BCUT2D eigenvalue weighted by atomic mass is 10.2. The molecule has 3 aromatic rings. The van der Waals surface area contributed by atoms with Crippen LogP contribution < -0.4 is 20.7 Å². The number of nitrogens with one attached hydrogen (secondary N) is 1. The summed E-state index contributed by atoms with van der Waals surface area (Å²) in [5.41, 5.74) is 7.10. The number of nitrogens with two attached hydrogens (primary N) is 1. The first-order valence-electron chi connectivity index (χ1n) is 10.7. The van der Waals surface area contributed by atoms with Gasteiger partial charge in [0.05, 0.1) is 36.8 Å². The first-order chi connectivity index (χ1) is 16.0.